The van der Waals surface area contributed by atoms with E-state index in [1.807, 2.05) is 28.8 Å². The zero-order chi connectivity index (χ0) is 32.3. The number of nitrogens with one attached hydrogen (secondary N) is 2. The Hall–Kier alpha value is -4.51. The van der Waals surface area contributed by atoms with Crippen LogP contribution in [0.2, 0.25) is 0 Å². The summed E-state index contributed by atoms with van der Waals surface area (Å²) in [5.41, 5.74) is 2.40. The zero-order valence-electron chi connectivity index (χ0n) is 24.9. The smallest absolute Gasteiger partial charge is 0.369 e. The molecule has 0 saturated carbocycles. The van der Waals surface area contributed by atoms with Crippen molar-refractivity contribution in [3.05, 3.63) is 129 Å². The monoisotopic (exact) mass is 646 g/mol. The van der Waals surface area contributed by atoms with Crippen molar-refractivity contribution in [3.63, 3.8) is 0 Å². The molecule has 11 heteroatoms. The van der Waals surface area contributed by atoms with E-state index in [0.717, 1.165) is 30.0 Å². The highest BCUT2D eigenvalue weighted by molar-refractivity contribution is 7.98. The molecule has 2 atom stereocenters. The molecule has 7 nitrogen and oxygen atoms in total. The van der Waals surface area contributed by atoms with E-state index >= 15 is 0 Å². The standard InChI is InChI=1S/C35H33F3N4O3S/c36-35(37,38)28-9-4-8-25(17-28)34(45)40-29-18-26(33(44)39-14-15-46-22-23-6-2-1-3-7-23)12-13-31(29)41-19-24-16-27(21-41)30-10-5-11-32(43)42(30)20-24/h1-13,17-18,24,27H,14-16,19-22H2,(H,39,44)(H,40,45)/t24-,27+/m1/s1. The van der Waals surface area contributed by atoms with Crippen LogP contribution in [0.3, 0.4) is 0 Å². The van der Waals surface area contributed by atoms with Gasteiger partial charge >= 0.3 is 6.18 Å². The van der Waals surface area contributed by atoms with Crippen molar-refractivity contribution in [3.8, 4) is 0 Å². The Labute approximate surface area is 268 Å². The lowest BCUT2D eigenvalue weighted by Crippen LogP contribution is -2.47. The van der Waals surface area contributed by atoms with Gasteiger partial charge in [-0.25, -0.2) is 0 Å². The van der Waals surface area contributed by atoms with Crippen molar-refractivity contribution in [2.24, 2.45) is 5.92 Å². The number of rotatable bonds is 9. The molecule has 2 bridgehead atoms. The first-order chi connectivity index (χ1) is 22.2. The van der Waals surface area contributed by atoms with Gasteiger partial charge in [0.25, 0.3) is 17.4 Å². The minimum Gasteiger partial charge on any atom is -0.369 e. The minimum absolute atomic E-state index is 0.0245. The number of halogens is 3. The third-order valence-corrected chi connectivity index (χ3v) is 9.45. The van der Waals surface area contributed by atoms with Crippen LogP contribution in [0.1, 0.15) is 49.9 Å². The lowest BCUT2D eigenvalue weighted by Gasteiger charge is -2.44. The third kappa shape index (κ3) is 7.14. The van der Waals surface area contributed by atoms with Gasteiger partial charge in [-0.3, -0.25) is 14.4 Å². The van der Waals surface area contributed by atoms with E-state index in [1.54, 1.807) is 42.1 Å². The number of hydrogen-bond acceptors (Lipinski definition) is 5. The number of alkyl halides is 3. The third-order valence-electron chi connectivity index (χ3n) is 8.42. The predicted octanol–water partition coefficient (Wildman–Crippen LogP) is 6.41. The van der Waals surface area contributed by atoms with Gasteiger partial charge in [0.15, 0.2) is 0 Å². The van der Waals surface area contributed by atoms with Gasteiger partial charge in [-0.05, 0) is 60.4 Å². The Morgan fingerprint density at radius 3 is 2.43 bits per heavy atom. The van der Waals surface area contributed by atoms with E-state index in [2.05, 4.69) is 27.7 Å². The summed E-state index contributed by atoms with van der Waals surface area (Å²) in [6.45, 7) is 2.22. The molecule has 1 saturated heterocycles. The van der Waals surface area contributed by atoms with Gasteiger partial charge < -0.3 is 20.1 Å². The van der Waals surface area contributed by atoms with Crippen LogP contribution in [0.25, 0.3) is 0 Å². The molecular formula is C35H33F3N4O3S. The van der Waals surface area contributed by atoms with Crippen molar-refractivity contribution >= 4 is 35.0 Å². The van der Waals surface area contributed by atoms with Gasteiger partial charge in [-0.15, -0.1) is 0 Å². The molecule has 0 radical (unpaired) electrons. The minimum atomic E-state index is -4.59. The maximum atomic E-state index is 13.4. The fourth-order valence-electron chi connectivity index (χ4n) is 6.28. The summed E-state index contributed by atoms with van der Waals surface area (Å²) in [7, 11) is 0. The number of fused-ring (bicyclic) bond motifs is 4. The second kappa shape index (κ2) is 13.5. The van der Waals surface area contributed by atoms with Gasteiger partial charge in [0, 0.05) is 66.5 Å². The van der Waals surface area contributed by atoms with E-state index in [1.165, 1.54) is 17.7 Å². The van der Waals surface area contributed by atoms with Crippen LogP contribution in [-0.4, -0.2) is 41.8 Å². The van der Waals surface area contributed by atoms with Crippen LogP contribution in [0.4, 0.5) is 24.5 Å². The van der Waals surface area contributed by atoms with Gasteiger partial charge in [-0.1, -0.05) is 42.5 Å². The Morgan fingerprint density at radius 1 is 0.848 bits per heavy atom. The number of amides is 2. The first kappa shape index (κ1) is 31.5. The molecule has 3 aromatic carbocycles. The number of hydrogen-bond donors (Lipinski definition) is 2. The molecule has 1 aromatic heterocycles. The van der Waals surface area contributed by atoms with Crippen LogP contribution in [0.15, 0.2) is 95.8 Å². The van der Waals surface area contributed by atoms with E-state index < -0.39 is 17.6 Å². The van der Waals surface area contributed by atoms with Gasteiger partial charge in [-0.2, -0.15) is 24.9 Å². The SMILES string of the molecule is O=C(NCCSCc1ccccc1)c1ccc(N2C[C@H]3C[C@@H](C2)c2cccc(=O)n2C3)c(NC(=O)c2cccc(C(F)(F)F)c2)c1. The van der Waals surface area contributed by atoms with Gasteiger partial charge in [0.2, 0.25) is 0 Å². The van der Waals surface area contributed by atoms with Crippen molar-refractivity contribution in [2.75, 3.05) is 35.6 Å². The summed E-state index contributed by atoms with van der Waals surface area (Å²) in [6, 6.07) is 24.7. The molecule has 6 rings (SSSR count). The van der Waals surface area contributed by atoms with Crippen molar-refractivity contribution in [1.82, 2.24) is 9.88 Å². The Morgan fingerprint density at radius 2 is 1.63 bits per heavy atom. The van der Waals surface area contributed by atoms with Crippen molar-refractivity contribution < 1.29 is 22.8 Å². The van der Waals surface area contributed by atoms with Gasteiger partial charge in [0.05, 0.1) is 16.9 Å². The van der Waals surface area contributed by atoms with Crippen molar-refractivity contribution in [1.29, 1.82) is 0 Å². The van der Waals surface area contributed by atoms with E-state index in [-0.39, 0.29) is 28.9 Å². The lowest BCUT2D eigenvalue weighted by atomic mass is 9.83. The molecular weight excluding hydrogens is 613 g/mol. The number of nitrogens with zero attached hydrogens (tertiary/aromatic N) is 2. The number of aromatic nitrogens is 1. The van der Waals surface area contributed by atoms with Crippen LogP contribution < -0.4 is 21.1 Å². The Bertz CT molecular complexity index is 1790. The molecule has 0 spiro atoms. The predicted molar refractivity (Wildman–Crippen MR) is 175 cm³/mol. The number of benzene rings is 3. The van der Waals surface area contributed by atoms with Gasteiger partial charge in [0.1, 0.15) is 0 Å². The number of pyridine rings is 1. The first-order valence-electron chi connectivity index (χ1n) is 15.1. The quantitative estimate of drug-likeness (QED) is 0.206. The zero-order valence-corrected chi connectivity index (χ0v) is 25.7. The molecule has 0 aliphatic carbocycles. The average Bonchev–Trinajstić information content (AvgIpc) is 3.05. The summed E-state index contributed by atoms with van der Waals surface area (Å²) in [6.07, 6.45) is -3.67. The molecule has 238 valence electrons. The number of anilines is 2. The molecule has 2 aliphatic heterocycles. The number of piperidine rings is 1. The molecule has 2 N–H and O–H groups in total. The largest absolute Gasteiger partial charge is 0.416 e. The Kier molecular flexibility index (Phi) is 9.21. The summed E-state index contributed by atoms with van der Waals surface area (Å²) in [5, 5.41) is 5.73. The second-order valence-electron chi connectivity index (χ2n) is 11.7. The lowest BCUT2D eigenvalue weighted by molar-refractivity contribution is -0.137. The van der Waals surface area contributed by atoms with Crippen LogP contribution >= 0.6 is 11.8 Å². The highest BCUT2D eigenvalue weighted by Gasteiger charge is 2.36. The van der Waals surface area contributed by atoms with Crippen LogP contribution in [0.5, 0.6) is 0 Å². The maximum absolute atomic E-state index is 13.4. The normalized spacial score (nSPS) is 17.2. The van der Waals surface area contributed by atoms with E-state index in [4.69, 9.17) is 0 Å². The summed E-state index contributed by atoms with van der Waals surface area (Å²) in [5.74, 6) is 0.786. The topological polar surface area (TPSA) is 83.4 Å². The summed E-state index contributed by atoms with van der Waals surface area (Å²) in [4.78, 5) is 41.1. The number of carbonyl (C=O) groups is 2. The fourth-order valence-corrected chi connectivity index (χ4v) is 7.10. The first-order valence-corrected chi connectivity index (χ1v) is 16.3. The Balaban J connectivity index is 1.22. The number of carbonyl (C=O) groups excluding carboxylic acids is 2. The second-order valence-corrected chi connectivity index (χ2v) is 12.8. The maximum Gasteiger partial charge on any atom is 0.416 e. The average molecular weight is 647 g/mol. The van der Waals surface area contributed by atoms with Crippen LogP contribution in [-0.2, 0) is 18.5 Å². The highest BCUT2D eigenvalue weighted by atomic mass is 32.2. The fraction of sp³-hybridized carbons (Fsp3) is 0.286. The highest BCUT2D eigenvalue weighted by Crippen LogP contribution is 2.39. The number of thioether (sulfide) groups is 1. The van der Waals surface area contributed by atoms with E-state index in [0.29, 0.717) is 48.9 Å². The molecule has 0 unspecified atom stereocenters. The van der Waals surface area contributed by atoms with E-state index in [9.17, 15) is 27.6 Å². The summed E-state index contributed by atoms with van der Waals surface area (Å²) < 4.78 is 42.0. The summed E-state index contributed by atoms with van der Waals surface area (Å²) >= 11 is 1.70. The molecule has 2 amide bonds. The van der Waals surface area contributed by atoms with Crippen molar-refractivity contribution in [2.45, 2.75) is 30.8 Å². The molecule has 4 aromatic rings. The molecule has 2 aliphatic rings. The van der Waals surface area contributed by atoms with Crippen LogP contribution in [0, 0.1) is 5.92 Å². The molecule has 1 fully saturated rings. The molecule has 3 heterocycles. The molecule has 46 heavy (non-hydrogen) atoms.